The van der Waals surface area contributed by atoms with Crippen LogP contribution in [0.5, 0.6) is 5.75 Å². The monoisotopic (exact) mass is 254 g/mol. The molecule has 0 bridgehead atoms. The molecule has 2 rings (SSSR count). The highest BCUT2D eigenvalue weighted by Crippen LogP contribution is 2.24. The van der Waals surface area contributed by atoms with E-state index in [9.17, 15) is 0 Å². The lowest BCUT2D eigenvalue weighted by atomic mass is 10.3. The molecule has 0 saturated carbocycles. The average molecular weight is 254 g/mol. The lowest BCUT2D eigenvalue weighted by Gasteiger charge is -2.22. The smallest absolute Gasteiger partial charge is 0.158 e. The molecule has 1 saturated heterocycles. The van der Waals surface area contributed by atoms with Crippen LogP contribution < -0.4 is 4.74 Å². The van der Waals surface area contributed by atoms with Crippen molar-refractivity contribution in [3.63, 3.8) is 0 Å². The molecule has 3 nitrogen and oxygen atoms in total. The molecule has 1 aliphatic rings. The van der Waals surface area contributed by atoms with Gasteiger partial charge in [-0.3, -0.25) is 0 Å². The number of rotatable bonds is 5. The first kappa shape index (κ1) is 12.7. The van der Waals surface area contributed by atoms with Crippen molar-refractivity contribution in [3.05, 3.63) is 24.3 Å². The van der Waals surface area contributed by atoms with Gasteiger partial charge in [0.25, 0.3) is 0 Å². The van der Waals surface area contributed by atoms with E-state index in [-0.39, 0.29) is 6.29 Å². The van der Waals surface area contributed by atoms with E-state index in [1.807, 2.05) is 18.2 Å². The van der Waals surface area contributed by atoms with Crippen molar-refractivity contribution < 1.29 is 14.2 Å². The minimum atomic E-state index is -0.0122. The Bertz CT molecular complexity index is 337. The normalized spacial score (nSPS) is 17.0. The Morgan fingerprint density at radius 1 is 1.35 bits per heavy atom. The van der Waals surface area contributed by atoms with Crippen molar-refractivity contribution in [2.45, 2.75) is 24.0 Å². The molecule has 0 N–H and O–H groups in total. The molecule has 0 aliphatic carbocycles. The first-order chi connectivity index (χ1) is 8.38. The second-order valence-electron chi connectivity index (χ2n) is 3.84. The van der Waals surface area contributed by atoms with Crippen molar-refractivity contribution in [2.24, 2.45) is 0 Å². The maximum atomic E-state index is 5.50. The maximum absolute atomic E-state index is 5.50. The van der Waals surface area contributed by atoms with Crippen molar-refractivity contribution >= 4 is 11.8 Å². The molecule has 0 atom stereocenters. The Hall–Kier alpha value is -0.710. The van der Waals surface area contributed by atoms with Crippen LogP contribution in [0.2, 0.25) is 0 Å². The number of benzene rings is 1. The van der Waals surface area contributed by atoms with E-state index in [2.05, 4.69) is 6.07 Å². The zero-order chi connectivity index (χ0) is 11.9. The second kappa shape index (κ2) is 6.89. The van der Waals surface area contributed by atoms with E-state index in [1.165, 1.54) is 4.90 Å². The van der Waals surface area contributed by atoms with E-state index >= 15 is 0 Å². The molecular formula is C13H18O3S. The van der Waals surface area contributed by atoms with Crippen LogP contribution in [-0.2, 0) is 9.47 Å². The fourth-order valence-corrected chi connectivity index (χ4v) is 2.59. The van der Waals surface area contributed by atoms with Gasteiger partial charge in [0.2, 0.25) is 0 Å². The summed E-state index contributed by atoms with van der Waals surface area (Å²) in [5.74, 6) is 1.90. The van der Waals surface area contributed by atoms with Crippen LogP contribution in [0.4, 0.5) is 0 Å². The van der Waals surface area contributed by atoms with E-state index in [0.717, 1.165) is 37.6 Å². The van der Waals surface area contributed by atoms with Gasteiger partial charge in [0.15, 0.2) is 6.29 Å². The van der Waals surface area contributed by atoms with E-state index < -0.39 is 0 Å². The van der Waals surface area contributed by atoms with Gasteiger partial charge in [-0.05, 0) is 24.6 Å². The molecule has 4 heteroatoms. The number of methoxy groups -OCH3 is 1. The number of ether oxygens (including phenoxy) is 3. The fourth-order valence-electron chi connectivity index (χ4n) is 1.67. The Labute approximate surface area is 106 Å². The SMILES string of the molecule is COc1cccc(SCCC2OCCCO2)c1. The summed E-state index contributed by atoms with van der Waals surface area (Å²) in [5.41, 5.74) is 0. The number of thioether (sulfide) groups is 1. The van der Waals surface area contributed by atoms with Gasteiger partial charge >= 0.3 is 0 Å². The van der Waals surface area contributed by atoms with Crippen LogP contribution in [0.3, 0.4) is 0 Å². The third-order valence-electron chi connectivity index (χ3n) is 2.56. The van der Waals surface area contributed by atoms with Crippen LogP contribution >= 0.6 is 11.8 Å². The van der Waals surface area contributed by atoms with Crippen molar-refractivity contribution in [1.29, 1.82) is 0 Å². The summed E-state index contributed by atoms with van der Waals surface area (Å²) in [7, 11) is 1.69. The van der Waals surface area contributed by atoms with Crippen LogP contribution in [-0.4, -0.2) is 32.4 Å². The molecule has 94 valence electrons. The molecule has 0 amide bonds. The summed E-state index contributed by atoms with van der Waals surface area (Å²) in [6.07, 6.45) is 1.93. The predicted molar refractivity (Wildman–Crippen MR) is 68.6 cm³/mol. The molecule has 1 heterocycles. The van der Waals surface area contributed by atoms with Gasteiger partial charge in [-0.15, -0.1) is 11.8 Å². The minimum Gasteiger partial charge on any atom is -0.497 e. The summed E-state index contributed by atoms with van der Waals surface area (Å²) in [5, 5.41) is 0. The third kappa shape index (κ3) is 4.22. The largest absolute Gasteiger partial charge is 0.497 e. The summed E-state index contributed by atoms with van der Waals surface area (Å²) in [6, 6.07) is 8.11. The molecule has 1 aromatic carbocycles. The standard InChI is InChI=1S/C13H18O3S/c1-14-11-4-2-5-12(10-11)17-9-6-13-15-7-3-8-16-13/h2,4-5,10,13H,3,6-9H2,1H3. The zero-order valence-corrected chi connectivity index (χ0v) is 10.9. The highest BCUT2D eigenvalue weighted by atomic mass is 32.2. The van der Waals surface area contributed by atoms with Crippen LogP contribution in [0.1, 0.15) is 12.8 Å². The van der Waals surface area contributed by atoms with Gasteiger partial charge in [0.1, 0.15) is 5.75 Å². The Morgan fingerprint density at radius 3 is 2.94 bits per heavy atom. The van der Waals surface area contributed by atoms with Crippen molar-refractivity contribution in [3.8, 4) is 5.75 Å². The fraction of sp³-hybridized carbons (Fsp3) is 0.538. The molecule has 1 aromatic rings. The quantitative estimate of drug-likeness (QED) is 0.755. The van der Waals surface area contributed by atoms with E-state index in [0.29, 0.717) is 0 Å². The summed E-state index contributed by atoms with van der Waals surface area (Å²) < 4.78 is 16.2. The molecule has 0 unspecified atom stereocenters. The first-order valence-corrected chi connectivity index (χ1v) is 6.87. The van der Waals surface area contributed by atoms with E-state index in [4.69, 9.17) is 14.2 Å². The van der Waals surface area contributed by atoms with E-state index in [1.54, 1.807) is 18.9 Å². The Kier molecular flexibility index (Phi) is 5.16. The van der Waals surface area contributed by atoms with Crippen LogP contribution in [0, 0.1) is 0 Å². The lowest BCUT2D eigenvalue weighted by molar-refractivity contribution is -0.178. The molecule has 17 heavy (non-hydrogen) atoms. The van der Waals surface area contributed by atoms with Gasteiger partial charge in [0, 0.05) is 17.1 Å². The number of hydrogen-bond donors (Lipinski definition) is 0. The average Bonchev–Trinajstić information content (AvgIpc) is 2.40. The van der Waals surface area contributed by atoms with Gasteiger partial charge < -0.3 is 14.2 Å². The molecule has 0 spiro atoms. The molecule has 0 radical (unpaired) electrons. The Morgan fingerprint density at radius 2 is 2.18 bits per heavy atom. The third-order valence-corrected chi connectivity index (χ3v) is 3.59. The second-order valence-corrected chi connectivity index (χ2v) is 5.01. The zero-order valence-electron chi connectivity index (χ0n) is 10.1. The van der Waals surface area contributed by atoms with Gasteiger partial charge in [0.05, 0.1) is 20.3 Å². The highest BCUT2D eigenvalue weighted by molar-refractivity contribution is 7.99. The lowest BCUT2D eigenvalue weighted by Crippen LogP contribution is -2.25. The van der Waals surface area contributed by atoms with Crippen LogP contribution in [0.15, 0.2) is 29.2 Å². The molecule has 1 aliphatic heterocycles. The topological polar surface area (TPSA) is 27.7 Å². The maximum Gasteiger partial charge on any atom is 0.158 e. The van der Waals surface area contributed by atoms with Gasteiger partial charge in [-0.2, -0.15) is 0 Å². The highest BCUT2D eigenvalue weighted by Gasteiger charge is 2.13. The van der Waals surface area contributed by atoms with Crippen LogP contribution in [0.25, 0.3) is 0 Å². The summed E-state index contributed by atoms with van der Waals surface area (Å²) >= 11 is 1.80. The summed E-state index contributed by atoms with van der Waals surface area (Å²) in [6.45, 7) is 1.66. The predicted octanol–water partition coefficient (Wildman–Crippen LogP) is 2.94. The summed E-state index contributed by atoms with van der Waals surface area (Å²) in [4.78, 5) is 1.22. The van der Waals surface area contributed by atoms with Gasteiger partial charge in [-0.25, -0.2) is 0 Å². The molecular weight excluding hydrogens is 236 g/mol. The van der Waals surface area contributed by atoms with Crippen molar-refractivity contribution in [1.82, 2.24) is 0 Å². The van der Waals surface area contributed by atoms with Gasteiger partial charge in [-0.1, -0.05) is 6.07 Å². The molecule has 0 aromatic heterocycles. The Balaban J connectivity index is 1.73. The molecule has 1 fully saturated rings. The minimum absolute atomic E-state index is 0.0122. The first-order valence-electron chi connectivity index (χ1n) is 5.88. The number of hydrogen-bond acceptors (Lipinski definition) is 4. The van der Waals surface area contributed by atoms with Crippen molar-refractivity contribution in [2.75, 3.05) is 26.1 Å².